The first-order chi connectivity index (χ1) is 6.77. The molecular weight excluding hydrogens is 176 g/mol. The monoisotopic (exact) mass is 194 g/mol. The lowest BCUT2D eigenvalue weighted by Crippen LogP contribution is -2.22. The van der Waals surface area contributed by atoms with Crippen molar-refractivity contribution in [2.75, 3.05) is 6.54 Å². The van der Waals surface area contributed by atoms with Crippen LogP contribution in [0.15, 0.2) is 24.5 Å². The van der Waals surface area contributed by atoms with Gasteiger partial charge in [-0.05, 0) is 36.5 Å². The molecule has 0 spiro atoms. The minimum absolute atomic E-state index is 0.335. The molecule has 0 aliphatic carbocycles. The summed E-state index contributed by atoms with van der Waals surface area (Å²) in [5.41, 5.74) is 6.62. The third-order valence-electron chi connectivity index (χ3n) is 2.50. The Morgan fingerprint density at radius 2 is 2.07 bits per heavy atom. The average Bonchev–Trinajstić information content (AvgIpc) is 2.26. The predicted octanol–water partition coefficient (Wildman–Crippen LogP) is 1.28. The summed E-state index contributed by atoms with van der Waals surface area (Å²) in [6, 6.07) is 3.99. The molecule has 1 aromatic heterocycles. The number of aliphatic hydroxyl groups excluding tert-OH is 1. The maximum absolute atomic E-state index is 9.48. The zero-order valence-electron chi connectivity index (χ0n) is 8.56. The second kappa shape index (κ2) is 5.73. The number of hydrogen-bond donors (Lipinski definition) is 2. The largest absolute Gasteiger partial charge is 0.392 e. The van der Waals surface area contributed by atoms with Gasteiger partial charge in [0.15, 0.2) is 0 Å². The lowest BCUT2D eigenvalue weighted by Gasteiger charge is -2.17. The van der Waals surface area contributed by atoms with Gasteiger partial charge in [-0.2, -0.15) is 0 Å². The van der Waals surface area contributed by atoms with E-state index in [1.165, 1.54) is 5.56 Å². The highest BCUT2D eigenvalue weighted by Crippen LogP contribution is 2.23. The van der Waals surface area contributed by atoms with Gasteiger partial charge in [0.2, 0.25) is 0 Å². The first-order valence-corrected chi connectivity index (χ1v) is 5.06. The van der Waals surface area contributed by atoms with Crippen LogP contribution in [0.25, 0.3) is 0 Å². The van der Waals surface area contributed by atoms with Crippen LogP contribution in [0.5, 0.6) is 0 Å². The van der Waals surface area contributed by atoms with Crippen molar-refractivity contribution in [2.45, 2.75) is 31.8 Å². The van der Waals surface area contributed by atoms with Crippen LogP contribution in [0.2, 0.25) is 0 Å². The van der Waals surface area contributed by atoms with E-state index in [1.54, 1.807) is 12.4 Å². The van der Waals surface area contributed by atoms with E-state index in [4.69, 9.17) is 5.73 Å². The third-order valence-corrected chi connectivity index (χ3v) is 2.50. The summed E-state index contributed by atoms with van der Waals surface area (Å²) in [6.45, 7) is 2.45. The molecule has 0 aliphatic rings. The molecule has 0 fully saturated rings. The number of nitrogens with two attached hydrogens (primary N) is 1. The Bertz CT molecular complexity index is 251. The highest BCUT2D eigenvalue weighted by molar-refractivity contribution is 5.15. The SMILES string of the molecule is CCC(CC(O)CN)c1ccncc1. The van der Waals surface area contributed by atoms with Crippen LogP contribution in [0.1, 0.15) is 31.2 Å². The van der Waals surface area contributed by atoms with Crippen LogP contribution >= 0.6 is 0 Å². The Morgan fingerprint density at radius 1 is 1.43 bits per heavy atom. The molecule has 0 saturated carbocycles. The number of rotatable bonds is 5. The Hall–Kier alpha value is -0.930. The van der Waals surface area contributed by atoms with Gasteiger partial charge in [-0.25, -0.2) is 0 Å². The molecule has 3 N–H and O–H groups in total. The van der Waals surface area contributed by atoms with Gasteiger partial charge in [-0.3, -0.25) is 4.98 Å². The van der Waals surface area contributed by atoms with E-state index in [2.05, 4.69) is 11.9 Å². The number of aliphatic hydroxyl groups is 1. The van der Waals surface area contributed by atoms with Crippen molar-refractivity contribution in [3.63, 3.8) is 0 Å². The van der Waals surface area contributed by atoms with Gasteiger partial charge >= 0.3 is 0 Å². The van der Waals surface area contributed by atoms with Gasteiger partial charge in [0.05, 0.1) is 6.10 Å². The van der Waals surface area contributed by atoms with Crippen molar-refractivity contribution in [3.8, 4) is 0 Å². The zero-order chi connectivity index (χ0) is 10.4. The number of nitrogens with zero attached hydrogens (tertiary/aromatic N) is 1. The van der Waals surface area contributed by atoms with Crippen molar-refractivity contribution in [2.24, 2.45) is 5.73 Å². The fourth-order valence-electron chi connectivity index (χ4n) is 1.60. The van der Waals surface area contributed by atoms with E-state index >= 15 is 0 Å². The van der Waals surface area contributed by atoms with Crippen LogP contribution < -0.4 is 5.73 Å². The Balaban J connectivity index is 2.63. The molecule has 0 saturated heterocycles. The summed E-state index contributed by atoms with van der Waals surface area (Å²) >= 11 is 0. The van der Waals surface area contributed by atoms with E-state index in [0.29, 0.717) is 12.5 Å². The van der Waals surface area contributed by atoms with Gasteiger partial charge in [-0.15, -0.1) is 0 Å². The molecule has 3 nitrogen and oxygen atoms in total. The molecule has 2 unspecified atom stereocenters. The van der Waals surface area contributed by atoms with Gasteiger partial charge in [0.25, 0.3) is 0 Å². The Labute approximate surface area is 85.0 Å². The minimum Gasteiger partial charge on any atom is -0.392 e. The van der Waals surface area contributed by atoms with Crippen molar-refractivity contribution in [1.82, 2.24) is 4.98 Å². The van der Waals surface area contributed by atoms with E-state index in [9.17, 15) is 5.11 Å². The first kappa shape index (κ1) is 11.1. The van der Waals surface area contributed by atoms with Crippen LogP contribution in [-0.2, 0) is 0 Å². The summed E-state index contributed by atoms with van der Waals surface area (Å²) in [6.07, 6.45) is 4.92. The summed E-state index contributed by atoms with van der Waals surface area (Å²) in [5, 5.41) is 9.48. The molecule has 0 amide bonds. The van der Waals surface area contributed by atoms with E-state index < -0.39 is 6.10 Å². The third kappa shape index (κ3) is 3.09. The summed E-state index contributed by atoms with van der Waals surface area (Å²) < 4.78 is 0. The molecule has 0 radical (unpaired) electrons. The molecule has 14 heavy (non-hydrogen) atoms. The molecule has 3 heteroatoms. The Kier molecular flexibility index (Phi) is 4.56. The van der Waals surface area contributed by atoms with Crippen LogP contribution in [0.3, 0.4) is 0 Å². The number of aromatic nitrogens is 1. The normalized spacial score (nSPS) is 15.1. The fraction of sp³-hybridized carbons (Fsp3) is 0.545. The average molecular weight is 194 g/mol. The van der Waals surface area contributed by atoms with Crippen molar-refractivity contribution in [3.05, 3.63) is 30.1 Å². The molecule has 78 valence electrons. The maximum Gasteiger partial charge on any atom is 0.0668 e. The number of hydrogen-bond acceptors (Lipinski definition) is 3. The fourth-order valence-corrected chi connectivity index (χ4v) is 1.60. The Morgan fingerprint density at radius 3 is 2.57 bits per heavy atom. The second-order valence-electron chi connectivity index (χ2n) is 3.51. The van der Waals surface area contributed by atoms with Crippen molar-refractivity contribution < 1.29 is 5.11 Å². The van der Waals surface area contributed by atoms with E-state index in [-0.39, 0.29) is 0 Å². The lowest BCUT2D eigenvalue weighted by molar-refractivity contribution is 0.162. The first-order valence-electron chi connectivity index (χ1n) is 5.06. The molecule has 1 rings (SSSR count). The van der Waals surface area contributed by atoms with Gasteiger partial charge in [0.1, 0.15) is 0 Å². The highest BCUT2D eigenvalue weighted by Gasteiger charge is 2.13. The van der Waals surface area contributed by atoms with E-state index in [0.717, 1.165) is 12.8 Å². The van der Waals surface area contributed by atoms with Crippen molar-refractivity contribution >= 4 is 0 Å². The lowest BCUT2D eigenvalue weighted by atomic mass is 9.91. The van der Waals surface area contributed by atoms with E-state index in [1.807, 2.05) is 12.1 Å². The number of pyridine rings is 1. The van der Waals surface area contributed by atoms with Gasteiger partial charge in [-0.1, -0.05) is 6.92 Å². The van der Waals surface area contributed by atoms with Gasteiger partial charge in [0, 0.05) is 18.9 Å². The standard InChI is InChI=1S/C11H18N2O/c1-2-9(7-11(14)8-12)10-3-5-13-6-4-10/h3-6,9,11,14H,2,7-8,12H2,1H3. The zero-order valence-corrected chi connectivity index (χ0v) is 8.56. The summed E-state index contributed by atoms with van der Waals surface area (Å²) in [7, 11) is 0. The molecule has 0 aliphatic heterocycles. The summed E-state index contributed by atoms with van der Waals surface area (Å²) in [4.78, 5) is 3.97. The van der Waals surface area contributed by atoms with Crippen LogP contribution in [0.4, 0.5) is 0 Å². The second-order valence-corrected chi connectivity index (χ2v) is 3.51. The van der Waals surface area contributed by atoms with Crippen LogP contribution in [0, 0.1) is 0 Å². The van der Waals surface area contributed by atoms with Crippen molar-refractivity contribution in [1.29, 1.82) is 0 Å². The molecule has 1 heterocycles. The smallest absolute Gasteiger partial charge is 0.0668 e. The summed E-state index contributed by atoms with van der Waals surface area (Å²) in [5.74, 6) is 0.386. The maximum atomic E-state index is 9.48. The van der Waals surface area contributed by atoms with Gasteiger partial charge < -0.3 is 10.8 Å². The topological polar surface area (TPSA) is 59.1 Å². The molecular formula is C11H18N2O. The predicted molar refractivity (Wildman–Crippen MR) is 56.9 cm³/mol. The molecule has 1 aromatic rings. The quantitative estimate of drug-likeness (QED) is 0.742. The molecule has 2 atom stereocenters. The van der Waals surface area contributed by atoms with Crippen LogP contribution in [-0.4, -0.2) is 22.7 Å². The highest BCUT2D eigenvalue weighted by atomic mass is 16.3. The minimum atomic E-state index is -0.395. The molecule has 0 aromatic carbocycles. The molecule has 0 bridgehead atoms.